The van der Waals surface area contributed by atoms with Crippen LogP contribution in [0.3, 0.4) is 0 Å². The van der Waals surface area contributed by atoms with Gasteiger partial charge in [-0.2, -0.15) is 5.10 Å². The van der Waals surface area contributed by atoms with Gasteiger partial charge in [0.05, 0.1) is 6.20 Å². The number of aryl methyl sites for hydroxylation is 1. The Morgan fingerprint density at radius 3 is 2.76 bits per heavy atom. The summed E-state index contributed by atoms with van der Waals surface area (Å²) in [5, 5.41) is 8.44. The molecule has 0 bridgehead atoms. The van der Waals surface area contributed by atoms with E-state index in [1.54, 1.807) is 0 Å². The van der Waals surface area contributed by atoms with Crippen molar-refractivity contribution in [3.05, 3.63) is 46.7 Å². The van der Waals surface area contributed by atoms with Crippen LogP contribution in [0, 0.1) is 0 Å². The van der Waals surface area contributed by atoms with E-state index in [1.807, 2.05) is 36.3 Å². The van der Waals surface area contributed by atoms with Crippen LogP contribution in [-0.4, -0.2) is 22.9 Å². The third-order valence-corrected chi connectivity index (χ3v) is 3.57. The number of nitrogens with zero attached hydrogens (tertiary/aromatic N) is 3. The molecule has 0 spiro atoms. The minimum atomic E-state index is 0.445. The molecule has 0 atom stereocenters. The summed E-state index contributed by atoms with van der Waals surface area (Å²) in [5.74, 6) is 0. The standard InChI is InChI=1S/C16H23ClN4/c1-12(2)18-9-14-7-15(17)5-6-16(14)20(3)10-13-8-19-21(4)11-13/h5-8,11-12,18H,9-10H2,1-4H3. The van der Waals surface area contributed by atoms with Gasteiger partial charge < -0.3 is 10.2 Å². The van der Waals surface area contributed by atoms with Crippen molar-refractivity contribution in [2.45, 2.75) is 33.0 Å². The predicted molar refractivity (Wildman–Crippen MR) is 88.7 cm³/mol. The van der Waals surface area contributed by atoms with Crippen molar-refractivity contribution < 1.29 is 0 Å². The van der Waals surface area contributed by atoms with Crippen LogP contribution in [0.15, 0.2) is 30.6 Å². The Bertz CT molecular complexity index is 592. The van der Waals surface area contributed by atoms with Gasteiger partial charge in [0.15, 0.2) is 0 Å². The predicted octanol–water partition coefficient (Wildman–Crippen LogP) is 3.21. The summed E-state index contributed by atoms with van der Waals surface area (Å²) in [6.07, 6.45) is 3.94. The van der Waals surface area contributed by atoms with Crippen molar-refractivity contribution in [2.24, 2.45) is 7.05 Å². The largest absolute Gasteiger partial charge is 0.370 e. The number of halogens is 1. The molecule has 0 saturated carbocycles. The molecule has 5 heteroatoms. The van der Waals surface area contributed by atoms with Gasteiger partial charge in [0.1, 0.15) is 0 Å². The lowest BCUT2D eigenvalue weighted by Crippen LogP contribution is -2.24. The lowest BCUT2D eigenvalue weighted by Gasteiger charge is -2.23. The van der Waals surface area contributed by atoms with E-state index in [9.17, 15) is 0 Å². The smallest absolute Gasteiger partial charge is 0.0539 e. The molecule has 114 valence electrons. The maximum atomic E-state index is 6.14. The van der Waals surface area contributed by atoms with Gasteiger partial charge in [0.25, 0.3) is 0 Å². The summed E-state index contributed by atoms with van der Waals surface area (Å²) in [4.78, 5) is 2.23. The Morgan fingerprint density at radius 1 is 1.38 bits per heavy atom. The fourth-order valence-corrected chi connectivity index (χ4v) is 2.49. The maximum Gasteiger partial charge on any atom is 0.0539 e. The van der Waals surface area contributed by atoms with Gasteiger partial charge in [-0.05, 0) is 23.8 Å². The number of anilines is 1. The summed E-state index contributed by atoms with van der Waals surface area (Å²) in [6, 6.07) is 6.50. The molecule has 2 rings (SSSR count). The molecule has 0 saturated heterocycles. The summed E-state index contributed by atoms with van der Waals surface area (Å²) >= 11 is 6.14. The third kappa shape index (κ3) is 4.48. The molecular formula is C16H23ClN4. The number of rotatable bonds is 6. The van der Waals surface area contributed by atoms with E-state index >= 15 is 0 Å². The molecule has 0 amide bonds. The molecule has 0 unspecified atom stereocenters. The molecule has 1 N–H and O–H groups in total. The molecule has 4 nitrogen and oxygen atoms in total. The summed E-state index contributed by atoms with van der Waals surface area (Å²) in [5.41, 5.74) is 3.59. The van der Waals surface area contributed by atoms with Crippen LogP contribution in [-0.2, 0) is 20.1 Å². The van der Waals surface area contributed by atoms with Gasteiger partial charge in [0, 0.05) is 55.7 Å². The fraction of sp³-hybridized carbons (Fsp3) is 0.438. The first-order valence-corrected chi connectivity index (χ1v) is 7.54. The van der Waals surface area contributed by atoms with Crippen LogP contribution in [0.2, 0.25) is 5.02 Å². The van der Waals surface area contributed by atoms with Crippen molar-refractivity contribution in [3.63, 3.8) is 0 Å². The van der Waals surface area contributed by atoms with Gasteiger partial charge in [-0.3, -0.25) is 4.68 Å². The molecule has 2 aromatic rings. The molecule has 0 fully saturated rings. The number of hydrogen-bond acceptors (Lipinski definition) is 3. The lowest BCUT2D eigenvalue weighted by molar-refractivity contribution is 0.588. The Balaban J connectivity index is 2.16. The van der Waals surface area contributed by atoms with Gasteiger partial charge >= 0.3 is 0 Å². The number of aromatic nitrogens is 2. The first-order chi connectivity index (χ1) is 9.95. The van der Waals surface area contributed by atoms with Crippen molar-refractivity contribution in [3.8, 4) is 0 Å². The van der Waals surface area contributed by atoms with Crippen LogP contribution in [0.25, 0.3) is 0 Å². The van der Waals surface area contributed by atoms with E-state index < -0.39 is 0 Å². The second-order valence-electron chi connectivity index (χ2n) is 5.69. The van der Waals surface area contributed by atoms with E-state index in [0.717, 1.165) is 18.1 Å². The molecule has 1 aromatic carbocycles. The van der Waals surface area contributed by atoms with Gasteiger partial charge in [-0.1, -0.05) is 25.4 Å². The molecular weight excluding hydrogens is 284 g/mol. The zero-order valence-electron chi connectivity index (χ0n) is 13.1. The highest BCUT2D eigenvalue weighted by Crippen LogP contribution is 2.25. The number of benzene rings is 1. The van der Waals surface area contributed by atoms with Crippen LogP contribution < -0.4 is 10.2 Å². The fourth-order valence-electron chi connectivity index (χ4n) is 2.29. The highest BCUT2D eigenvalue weighted by Gasteiger charge is 2.10. The van der Waals surface area contributed by atoms with E-state index in [0.29, 0.717) is 6.04 Å². The van der Waals surface area contributed by atoms with E-state index in [-0.39, 0.29) is 0 Å². The van der Waals surface area contributed by atoms with Gasteiger partial charge in [0.2, 0.25) is 0 Å². The highest BCUT2D eigenvalue weighted by molar-refractivity contribution is 6.30. The highest BCUT2D eigenvalue weighted by atomic mass is 35.5. The first-order valence-electron chi connectivity index (χ1n) is 7.16. The monoisotopic (exact) mass is 306 g/mol. The van der Waals surface area contributed by atoms with Gasteiger partial charge in [-0.15, -0.1) is 0 Å². The SMILES string of the molecule is CC(C)NCc1cc(Cl)ccc1N(C)Cc1cnn(C)c1. The second kappa shape index (κ2) is 6.96. The Morgan fingerprint density at radius 2 is 2.14 bits per heavy atom. The Hall–Kier alpha value is -1.52. The van der Waals surface area contributed by atoms with Crippen LogP contribution in [0.4, 0.5) is 5.69 Å². The van der Waals surface area contributed by atoms with Crippen LogP contribution >= 0.6 is 11.6 Å². The minimum Gasteiger partial charge on any atom is -0.370 e. The summed E-state index contributed by atoms with van der Waals surface area (Å²) in [7, 11) is 4.03. The molecule has 0 aliphatic carbocycles. The van der Waals surface area contributed by atoms with E-state index in [2.05, 4.69) is 42.3 Å². The van der Waals surface area contributed by atoms with Crippen molar-refractivity contribution in [1.82, 2.24) is 15.1 Å². The van der Waals surface area contributed by atoms with Crippen molar-refractivity contribution in [2.75, 3.05) is 11.9 Å². The average Bonchev–Trinajstić information content (AvgIpc) is 2.81. The van der Waals surface area contributed by atoms with Gasteiger partial charge in [-0.25, -0.2) is 0 Å². The zero-order chi connectivity index (χ0) is 15.4. The summed E-state index contributed by atoms with van der Waals surface area (Å²) < 4.78 is 1.83. The molecule has 1 aromatic heterocycles. The van der Waals surface area contributed by atoms with Crippen molar-refractivity contribution >= 4 is 17.3 Å². The Labute approximate surface area is 131 Å². The zero-order valence-corrected chi connectivity index (χ0v) is 13.9. The molecule has 21 heavy (non-hydrogen) atoms. The average molecular weight is 307 g/mol. The topological polar surface area (TPSA) is 33.1 Å². The quantitative estimate of drug-likeness (QED) is 0.889. The summed E-state index contributed by atoms with van der Waals surface area (Å²) in [6.45, 7) is 5.92. The molecule has 0 aliphatic rings. The Kier molecular flexibility index (Phi) is 5.26. The van der Waals surface area contributed by atoms with Crippen LogP contribution in [0.5, 0.6) is 0 Å². The number of nitrogens with one attached hydrogen (secondary N) is 1. The van der Waals surface area contributed by atoms with E-state index in [1.165, 1.54) is 16.8 Å². The normalized spacial score (nSPS) is 11.1. The lowest BCUT2D eigenvalue weighted by atomic mass is 10.1. The molecule has 0 radical (unpaired) electrons. The first kappa shape index (κ1) is 15.9. The van der Waals surface area contributed by atoms with Crippen molar-refractivity contribution in [1.29, 1.82) is 0 Å². The number of hydrogen-bond donors (Lipinski definition) is 1. The minimum absolute atomic E-state index is 0.445. The van der Waals surface area contributed by atoms with Crippen LogP contribution in [0.1, 0.15) is 25.0 Å². The second-order valence-corrected chi connectivity index (χ2v) is 6.12. The maximum absolute atomic E-state index is 6.14. The molecule has 1 heterocycles. The molecule has 0 aliphatic heterocycles. The third-order valence-electron chi connectivity index (χ3n) is 3.33. The van der Waals surface area contributed by atoms with E-state index in [4.69, 9.17) is 11.6 Å².